The molecule has 3 heterocycles. The summed E-state index contributed by atoms with van der Waals surface area (Å²) < 4.78 is 5.71. The molecule has 4 rings (SSSR count). The summed E-state index contributed by atoms with van der Waals surface area (Å²) in [6.07, 6.45) is 2.96. The third kappa shape index (κ3) is 2.18. The van der Waals surface area contributed by atoms with Crippen LogP contribution >= 0.6 is 0 Å². The molecule has 2 saturated heterocycles. The van der Waals surface area contributed by atoms with Crippen molar-refractivity contribution in [3.05, 3.63) is 29.8 Å². The van der Waals surface area contributed by atoms with Gasteiger partial charge in [-0.3, -0.25) is 4.79 Å². The fourth-order valence-corrected chi connectivity index (χ4v) is 3.21. The Morgan fingerprint density at radius 1 is 1.23 bits per heavy atom. The summed E-state index contributed by atoms with van der Waals surface area (Å²) in [6.45, 7) is 2.33. The van der Waals surface area contributed by atoms with E-state index in [9.17, 15) is 4.79 Å². The summed E-state index contributed by atoms with van der Waals surface area (Å²) in [7, 11) is 0. The van der Waals surface area contributed by atoms with Gasteiger partial charge in [0.1, 0.15) is 0 Å². The first-order valence-electron chi connectivity index (χ1n) is 7.54. The molecule has 2 fully saturated rings. The molecule has 1 spiro atoms. The number of H-pyrrole nitrogens is 1. The maximum Gasteiger partial charge on any atom is 0.254 e. The SMILES string of the molecule is O=C(c1ccccc1-c1nn[nH]n1)N1CCC2(CCO2)CC1. The van der Waals surface area contributed by atoms with Crippen molar-refractivity contribution < 1.29 is 9.53 Å². The van der Waals surface area contributed by atoms with E-state index in [4.69, 9.17) is 4.74 Å². The number of likely N-dealkylation sites (tertiary alicyclic amines) is 1. The van der Waals surface area contributed by atoms with Crippen LogP contribution in [0, 0.1) is 0 Å². The second kappa shape index (κ2) is 5.17. The Kier molecular flexibility index (Phi) is 3.15. The molecule has 2 aromatic rings. The van der Waals surface area contributed by atoms with Crippen molar-refractivity contribution in [2.24, 2.45) is 0 Å². The Bertz CT molecular complexity index is 671. The van der Waals surface area contributed by atoms with Crippen LogP contribution in [0.25, 0.3) is 11.4 Å². The Hall–Kier alpha value is -2.28. The van der Waals surface area contributed by atoms with Gasteiger partial charge in [-0.1, -0.05) is 18.2 Å². The number of nitrogens with one attached hydrogen (secondary N) is 1. The number of amides is 1. The first-order valence-corrected chi connectivity index (χ1v) is 7.54. The van der Waals surface area contributed by atoms with Gasteiger partial charge in [-0.25, -0.2) is 0 Å². The summed E-state index contributed by atoms with van der Waals surface area (Å²) in [5.74, 6) is 0.467. The van der Waals surface area contributed by atoms with Crippen LogP contribution in [0.1, 0.15) is 29.6 Å². The van der Waals surface area contributed by atoms with Crippen LogP contribution in [-0.2, 0) is 4.74 Å². The molecule has 22 heavy (non-hydrogen) atoms. The summed E-state index contributed by atoms with van der Waals surface area (Å²) in [5.41, 5.74) is 1.38. The third-order valence-corrected chi connectivity index (χ3v) is 4.67. The molecule has 1 N–H and O–H groups in total. The fraction of sp³-hybridized carbons (Fsp3) is 0.467. The topological polar surface area (TPSA) is 84.0 Å². The standard InChI is InChI=1S/C15H17N5O2/c21-14(20-8-5-15(6-9-20)7-10-22-15)12-4-2-1-3-11(12)13-16-18-19-17-13/h1-4H,5-10H2,(H,16,17,18,19). The monoisotopic (exact) mass is 299 g/mol. The normalized spacial score (nSPS) is 19.9. The zero-order valence-corrected chi connectivity index (χ0v) is 12.2. The second-order valence-electron chi connectivity index (χ2n) is 5.85. The average Bonchev–Trinajstić information content (AvgIpc) is 3.07. The Morgan fingerprint density at radius 2 is 2.00 bits per heavy atom. The van der Waals surface area contributed by atoms with Gasteiger partial charge in [-0.15, -0.1) is 10.2 Å². The number of carbonyl (C=O) groups excluding carboxylic acids is 1. The molecule has 1 aromatic carbocycles. The molecule has 7 heteroatoms. The minimum Gasteiger partial charge on any atom is -0.375 e. The number of benzene rings is 1. The van der Waals surface area contributed by atoms with Crippen LogP contribution in [0.15, 0.2) is 24.3 Å². The van der Waals surface area contributed by atoms with E-state index in [-0.39, 0.29) is 11.5 Å². The first-order chi connectivity index (χ1) is 10.8. The van der Waals surface area contributed by atoms with Crippen molar-refractivity contribution in [2.45, 2.75) is 24.9 Å². The second-order valence-corrected chi connectivity index (χ2v) is 5.85. The quantitative estimate of drug-likeness (QED) is 0.902. The van der Waals surface area contributed by atoms with Gasteiger partial charge in [0.2, 0.25) is 5.82 Å². The number of hydrogen-bond acceptors (Lipinski definition) is 5. The Morgan fingerprint density at radius 3 is 2.64 bits per heavy atom. The highest BCUT2D eigenvalue weighted by Crippen LogP contribution is 2.37. The number of carbonyl (C=O) groups is 1. The predicted octanol–water partition coefficient (Wildman–Crippen LogP) is 1.26. The van der Waals surface area contributed by atoms with E-state index < -0.39 is 0 Å². The lowest BCUT2D eigenvalue weighted by Gasteiger charge is -2.47. The number of tetrazole rings is 1. The number of hydrogen-bond donors (Lipinski definition) is 1. The lowest BCUT2D eigenvalue weighted by atomic mass is 9.84. The van der Waals surface area contributed by atoms with Gasteiger partial charge in [0, 0.05) is 18.7 Å². The van der Waals surface area contributed by atoms with Gasteiger partial charge in [-0.05, 0) is 30.5 Å². The molecule has 114 valence electrons. The maximum atomic E-state index is 12.8. The summed E-state index contributed by atoms with van der Waals surface area (Å²) in [4.78, 5) is 14.7. The van der Waals surface area contributed by atoms with Crippen LogP contribution in [0.3, 0.4) is 0 Å². The molecule has 0 saturated carbocycles. The Labute approximate surface area is 127 Å². The molecule has 2 aliphatic heterocycles. The molecule has 7 nitrogen and oxygen atoms in total. The van der Waals surface area contributed by atoms with E-state index in [1.807, 2.05) is 29.2 Å². The average molecular weight is 299 g/mol. The number of piperidine rings is 1. The lowest BCUT2D eigenvalue weighted by molar-refractivity contribution is -0.169. The first kappa shape index (κ1) is 13.4. The fourth-order valence-electron chi connectivity index (χ4n) is 3.21. The molecule has 1 amide bonds. The van der Waals surface area contributed by atoms with E-state index in [1.54, 1.807) is 0 Å². The van der Waals surface area contributed by atoms with E-state index in [2.05, 4.69) is 20.6 Å². The summed E-state index contributed by atoms with van der Waals surface area (Å²) in [6, 6.07) is 7.39. The van der Waals surface area contributed by atoms with Gasteiger partial charge in [0.05, 0.1) is 17.8 Å². The number of nitrogens with zero attached hydrogens (tertiary/aromatic N) is 4. The minimum absolute atomic E-state index is 0.0228. The van der Waals surface area contributed by atoms with Crippen molar-refractivity contribution in [2.75, 3.05) is 19.7 Å². The van der Waals surface area contributed by atoms with Crippen molar-refractivity contribution in [1.29, 1.82) is 0 Å². The van der Waals surface area contributed by atoms with E-state index in [1.165, 1.54) is 0 Å². The van der Waals surface area contributed by atoms with Gasteiger partial charge in [0.25, 0.3) is 5.91 Å². The molecule has 0 bridgehead atoms. The highest BCUT2D eigenvalue weighted by atomic mass is 16.5. The van der Waals surface area contributed by atoms with E-state index >= 15 is 0 Å². The third-order valence-electron chi connectivity index (χ3n) is 4.67. The van der Waals surface area contributed by atoms with Gasteiger partial charge < -0.3 is 9.64 Å². The molecule has 0 atom stereocenters. The van der Waals surface area contributed by atoms with Crippen molar-refractivity contribution in [3.63, 3.8) is 0 Å². The molecule has 0 aliphatic carbocycles. The lowest BCUT2D eigenvalue weighted by Crippen LogP contribution is -2.53. The molecular formula is C15H17N5O2. The Balaban J connectivity index is 1.56. The van der Waals surface area contributed by atoms with Crippen LogP contribution in [0.5, 0.6) is 0 Å². The van der Waals surface area contributed by atoms with Crippen LogP contribution in [0.4, 0.5) is 0 Å². The van der Waals surface area contributed by atoms with Crippen molar-refractivity contribution in [1.82, 2.24) is 25.5 Å². The van der Waals surface area contributed by atoms with Crippen molar-refractivity contribution >= 4 is 5.91 Å². The zero-order valence-electron chi connectivity index (χ0n) is 12.2. The van der Waals surface area contributed by atoms with Gasteiger partial charge in [0.15, 0.2) is 0 Å². The number of rotatable bonds is 2. The van der Waals surface area contributed by atoms with Gasteiger partial charge >= 0.3 is 0 Å². The predicted molar refractivity (Wildman–Crippen MR) is 78.1 cm³/mol. The highest BCUT2D eigenvalue weighted by molar-refractivity contribution is 6.00. The molecule has 1 aromatic heterocycles. The zero-order chi connectivity index (χ0) is 15.0. The van der Waals surface area contributed by atoms with Gasteiger partial charge in [-0.2, -0.15) is 5.21 Å². The van der Waals surface area contributed by atoms with Crippen molar-refractivity contribution in [3.8, 4) is 11.4 Å². The smallest absolute Gasteiger partial charge is 0.254 e. The molecule has 0 unspecified atom stereocenters. The molecule has 0 radical (unpaired) electrons. The van der Waals surface area contributed by atoms with Crippen LogP contribution in [0.2, 0.25) is 0 Å². The summed E-state index contributed by atoms with van der Waals surface area (Å²) in [5, 5.41) is 14.0. The van der Waals surface area contributed by atoms with E-state index in [0.717, 1.165) is 39.0 Å². The largest absolute Gasteiger partial charge is 0.375 e. The number of aromatic amines is 1. The van der Waals surface area contributed by atoms with E-state index in [0.29, 0.717) is 17.0 Å². The maximum absolute atomic E-state index is 12.8. The molecule has 2 aliphatic rings. The summed E-state index contributed by atoms with van der Waals surface area (Å²) >= 11 is 0. The molecular weight excluding hydrogens is 282 g/mol. The minimum atomic E-state index is 0.0228. The number of ether oxygens (including phenoxy) is 1. The highest BCUT2D eigenvalue weighted by Gasteiger charge is 2.42. The van der Waals surface area contributed by atoms with Crippen LogP contribution < -0.4 is 0 Å². The van der Waals surface area contributed by atoms with Crippen LogP contribution in [-0.4, -0.2) is 56.7 Å². The number of aromatic nitrogens is 4.